The lowest BCUT2D eigenvalue weighted by atomic mass is 10.1. The second-order valence-corrected chi connectivity index (χ2v) is 7.26. The predicted molar refractivity (Wildman–Crippen MR) is 113 cm³/mol. The summed E-state index contributed by atoms with van der Waals surface area (Å²) < 4.78 is 0. The molecule has 1 heterocycles. The highest BCUT2D eigenvalue weighted by Crippen LogP contribution is 2.14. The van der Waals surface area contributed by atoms with Crippen LogP contribution in [0.5, 0.6) is 0 Å². The van der Waals surface area contributed by atoms with Crippen molar-refractivity contribution in [3.8, 4) is 0 Å². The van der Waals surface area contributed by atoms with Crippen LogP contribution < -0.4 is 0 Å². The molecular weight excluding hydrogens is 368 g/mol. The molecular formula is C23H30N2O4. The highest BCUT2D eigenvalue weighted by molar-refractivity contribution is 6.27. The number of aliphatic carboxylic acids is 2. The van der Waals surface area contributed by atoms with Gasteiger partial charge in [0, 0.05) is 39.3 Å². The summed E-state index contributed by atoms with van der Waals surface area (Å²) in [6.07, 6.45) is 1.12. The van der Waals surface area contributed by atoms with E-state index in [4.69, 9.17) is 19.8 Å². The Labute approximate surface area is 172 Å². The lowest BCUT2D eigenvalue weighted by Crippen LogP contribution is -2.45. The third-order valence-corrected chi connectivity index (χ3v) is 5.14. The summed E-state index contributed by atoms with van der Waals surface area (Å²) >= 11 is 0. The van der Waals surface area contributed by atoms with Gasteiger partial charge in [0.2, 0.25) is 0 Å². The number of carboxylic acids is 2. The molecule has 1 aliphatic rings. The van der Waals surface area contributed by atoms with Crippen LogP contribution in [0.25, 0.3) is 0 Å². The SMILES string of the molecule is CCc1ccc(CN2CCN(Cc3ccccc3C)CC2)cc1.O=C(O)C(=O)O. The molecule has 1 fully saturated rings. The molecule has 0 unspecified atom stereocenters. The number of hydrogen-bond donors (Lipinski definition) is 2. The standard InChI is InChI=1S/C21H28N2.C2H2O4/c1-3-19-8-10-20(11-9-19)16-22-12-14-23(15-13-22)17-21-7-5-4-6-18(21)2;3-1(4)2(5)6/h4-11H,3,12-17H2,1-2H3;(H,3,4)(H,5,6). The van der Waals surface area contributed by atoms with Gasteiger partial charge in [0.05, 0.1) is 0 Å². The molecule has 0 atom stereocenters. The minimum Gasteiger partial charge on any atom is -0.473 e. The Hall–Kier alpha value is -2.70. The van der Waals surface area contributed by atoms with Crippen LogP contribution in [0.2, 0.25) is 0 Å². The molecule has 3 rings (SSSR count). The maximum atomic E-state index is 9.10. The first-order valence-electron chi connectivity index (χ1n) is 9.92. The van der Waals surface area contributed by atoms with Gasteiger partial charge in [-0.3, -0.25) is 9.80 Å². The first-order chi connectivity index (χ1) is 13.9. The summed E-state index contributed by atoms with van der Waals surface area (Å²) in [5, 5.41) is 14.8. The zero-order valence-electron chi connectivity index (χ0n) is 17.2. The van der Waals surface area contributed by atoms with Crippen LogP contribution in [0.4, 0.5) is 0 Å². The monoisotopic (exact) mass is 398 g/mol. The van der Waals surface area contributed by atoms with E-state index in [-0.39, 0.29) is 0 Å². The highest BCUT2D eigenvalue weighted by Gasteiger charge is 2.17. The fourth-order valence-corrected chi connectivity index (χ4v) is 3.27. The zero-order chi connectivity index (χ0) is 21.2. The predicted octanol–water partition coefficient (Wildman–Crippen LogP) is 3.03. The average Bonchev–Trinajstić information content (AvgIpc) is 2.72. The Morgan fingerprint density at radius 1 is 0.793 bits per heavy atom. The Morgan fingerprint density at radius 3 is 1.76 bits per heavy atom. The number of carboxylic acid groups (broad SMARTS) is 2. The molecule has 2 N–H and O–H groups in total. The van der Waals surface area contributed by atoms with Crippen molar-refractivity contribution in [1.82, 2.24) is 9.80 Å². The van der Waals surface area contributed by atoms with E-state index in [2.05, 4.69) is 72.2 Å². The van der Waals surface area contributed by atoms with Gasteiger partial charge in [0.15, 0.2) is 0 Å². The summed E-state index contributed by atoms with van der Waals surface area (Å²) in [6.45, 7) is 11.3. The summed E-state index contributed by atoms with van der Waals surface area (Å²) in [6, 6.07) is 17.9. The number of carbonyl (C=O) groups is 2. The third-order valence-electron chi connectivity index (χ3n) is 5.14. The lowest BCUT2D eigenvalue weighted by molar-refractivity contribution is -0.159. The van der Waals surface area contributed by atoms with Crippen molar-refractivity contribution in [3.05, 3.63) is 70.8 Å². The number of piperazine rings is 1. The fourth-order valence-electron chi connectivity index (χ4n) is 3.27. The van der Waals surface area contributed by atoms with Crippen LogP contribution in [-0.4, -0.2) is 58.1 Å². The van der Waals surface area contributed by atoms with Gasteiger partial charge >= 0.3 is 11.9 Å². The molecule has 2 aromatic carbocycles. The number of nitrogens with zero attached hydrogens (tertiary/aromatic N) is 2. The van der Waals surface area contributed by atoms with Crippen LogP contribution in [0.3, 0.4) is 0 Å². The molecule has 2 aromatic rings. The molecule has 6 nitrogen and oxygen atoms in total. The molecule has 29 heavy (non-hydrogen) atoms. The van der Waals surface area contributed by atoms with E-state index < -0.39 is 11.9 Å². The van der Waals surface area contributed by atoms with Crippen molar-refractivity contribution in [2.75, 3.05) is 26.2 Å². The molecule has 0 bridgehead atoms. The molecule has 0 spiro atoms. The molecule has 6 heteroatoms. The summed E-state index contributed by atoms with van der Waals surface area (Å²) in [5.41, 5.74) is 5.74. The van der Waals surface area contributed by atoms with E-state index in [1.54, 1.807) is 0 Å². The number of hydrogen-bond acceptors (Lipinski definition) is 4. The van der Waals surface area contributed by atoms with Gasteiger partial charge in [-0.25, -0.2) is 9.59 Å². The van der Waals surface area contributed by atoms with Gasteiger partial charge in [0.25, 0.3) is 0 Å². The molecule has 156 valence electrons. The van der Waals surface area contributed by atoms with Gasteiger partial charge in [-0.2, -0.15) is 0 Å². The summed E-state index contributed by atoms with van der Waals surface area (Å²) in [5.74, 6) is -3.65. The number of rotatable bonds is 5. The topological polar surface area (TPSA) is 81.1 Å². The van der Waals surface area contributed by atoms with Crippen LogP contribution in [0, 0.1) is 6.92 Å². The number of aryl methyl sites for hydroxylation is 2. The van der Waals surface area contributed by atoms with E-state index in [9.17, 15) is 0 Å². The first-order valence-corrected chi connectivity index (χ1v) is 9.92. The molecule has 0 aliphatic carbocycles. The van der Waals surface area contributed by atoms with Gasteiger partial charge < -0.3 is 10.2 Å². The normalized spacial score (nSPS) is 14.7. The molecule has 0 radical (unpaired) electrons. The Kier molecular flexibility index (Phi) is 8.83. The fraction of sp³-hybridized carbons (Fsp3) is 0.391. The zero-order valence-corrected chi connectivity index (χ0v) is 17.2. The molecule has 1 saturated heterocycles. The quantitative estimate of drug-likeness (QED) is 0.754. The van der Waals surface area contributed by atoms with E-state index in [0.29, 0.717) is 0 Å². The van der Waals surface area contributed by atoms with Crippen molar-refractivity contribution in [1.29, 1.82) is 0 Å². The highest BCUT2D eigenvalue weighted by atomic mass is 16.4. The van der Waals surface area contributed by atoms with Crippen molar-refractivity contribution in [3.63, 3.8) is 0 Å². The molecule has 0 saturated carbocycles. The molecule has 1 aliphatic heterocycles. The van der Waals surface area contributed by atoms with Gasteiger partial charge in [-0.05, 0) is 35.6 Å². The van der Waals surface area contributed by atoms with E-state index >= 15 is 0 Å². The lowest BCUT2D eigenvalue weighted by Gasteiger charge is -2.35. The third kappa shape index (κ3) is 7.68. The van der Waals surface area contributed by atoms with Crippen LogP contribution >= 0.6 is 0 Å². The van der Waals surface area contributed by atoms with Gasteiger partial charge in [-0.15, -0.1) is 0 Å². The number of benzene rings is 2. The maximum Gasteiger partial charge on any atom is 0.414 e. The first kappa shape index (κ1) is 22.6. The molecule has 0 amide bonds. The second kappa shape index (κ2) is 11.3. The van der Waals surface area contributed by atoms with Crippen molar-refractivity contribution >= 4 is 11.9 Å². The van der Waals surface area contributed by atoms with Crippen LogP contribution in [0.15, 0.2) is 48.5 Å². The largest absolute Gasteiger partial charge is 0.473 e. The Balaban J connectivity index is 0.000000438. The maximum absolute atomic E-state index is 9.10. The van der Waals surface area contributed by atoms with Crippen LogP contribution in [0.1, 0.15) is 29.2 Å². The smallest absolute Gasteiger partial charge is 0.414 e. The van der Waals surface area contributed by atoms with Crippen LogP contribution in [-0.2, 0) is 29.1 Å². The van der Waals surface area contributed by atoms with E-state index in [1.165, 1.54) is 48.4 Å². The van der Waals surface area contributed by atoms with Gasteiger partial charge in [0.1, 0.15) is 0 Å². The van der Waals surface area contributed by atoms with Crippen molar-refractivity contribution < 1.29 is 19.8 Å². The second-order valence-electron chi connectivity index (χ2n) is 7.26. The van der Waals surface area contributed by atoms with Crippen molar-refractivity contribution in [2.45, 2.75) is 33.4 Å². The van der Waals surface area contributed by atoms with E-state index in [1.807, 2.05) is 0 Å². The summed E-state index contributed by atoms with van der Waals surface area (Å²) in [4.78, 5) is 23.4. The Morgan fingerprint density at radius 2 is 1.28 bits per heavy atom. The van der Waals surface area contributed by atoms with E-state index in [0.717, 1.165) is 19.5 Å². The summed E-state index contributed by atoms with van der Waals surface area (Å²) in [7, 11) is 0. The Bertz CT molecular complexity index is 785. The minimum absolute atomic E-state index is 1.09. The minimum atomic E-state index is -1.82. The van der Waals surface area contributed by atoms with Gasteiger partial charge in [-0.1, -0.05) is 55.5 Å². The average molecular weight is 399 g/mol. The van der Waals surface area contributed by atoms with Crippen molar-refractivity contribution in [2.24, 2.45) is 0 Å². The molecule has 0 aromatic heterocycles.